The lowest BCUT2D eigenvalue weighted by Crippen LogP contribution is -2.45. The van der Waals surface area contributed by atoms with Crippen LogP contribution in [0, 0.1) is 6.92 Å². The molecule has 5 heteroatoms. The molecule has 0 aromatic heterocycles. The van der Waals surface area contributed by atoms with E-state index in [1.165, 1.54) is 16.7 Å². The molecule has 0 spiro atoms. The highest BCUT2D eigenvalue weighted by Crippen LogP contribution is 2.33. The molecule has 1 heterocycles. The Labute approximate surface area is 173 Å². The molecule has 1 aliphatic heterocycles. The van der Waals surface area contributed by atoms with Crippen LogP contribution in [0.3, 0.4) is 0 Å². The maximum Gasteiger partial charge on any atom is 0.243 e. The molecule has 3 rings (SSSR count). The van der Waals surface area contributed by atoms with Gasteiger partial charge in [0, 0.05) is 38.7 Å². The first-order valence-corrected chi connectivity index (χ1v) is 10.5. The monoisotopic (exact) mass is 393 g/mol. The Kier molecular flexibility index (Phi) is 7.28. The summed E-state index contributed by atoms with van der Waals surface area (Å²) in [6.45, 7) is 3.46. The first kappa shape index (κ1) is 20.9. The molecule has 0 fully saturated rings. The largest absolute Gasteiger partial charge is 0.359 e. The zero-order chi connectivity index (χ0) is 20.6. The van der Waals surface area contributed by atoms with Gasteiger partial charge < -0.3 is 15.5 Å². The van der Waals surface area contributed by atoms with Crippen LogP contribution < -0.4 is 15.5 Å². The summed E-state index contributed by atoms with van der Waals surface area (Å²) in [5.74, 6) is 0.157. The molecular formula is C24H31N3O2. The van der Waals surface area contributed by atoms with Gasteiger partial charge in [-0.25, -0.2) is 0 Å². The summed E-state index contributed by atoms with van der Waals surface area (Å²) < 4.78 is 0. The van der Waals surface area contributed by atoms with Crippen molar-refractivity contribution in [3.05, 3.63) is 65.2 Å². The third-order valence-corrected chi connectivity index (χ3v) is 5.53. The molecule has 2 amide bonds. The Morgan fingerprint density at radius 3 is 2.55 bits per heavy atom. The van der Waals surface area contributed by atoms with Crippen LogP contribution in [0.2, 0.25) is 0 Å². The predicted octanol–water partition coefficient (Wildman–Crippen LogP) is 3.35. The van der Waals surface area contributed by atoms with E-state index >= 15 is 0 Å². The van der Waals surface area contributed by atoms with Gasteiger partial charge in [-0.2, -0.15) is 0 Å². The summed E-state index contributed by atoms with van der Waals surface area (Å²) >= 11 is 0. The van der Waals surface area contributed by atoms with Crippen LogP contribution in [0.5, 0.6) is 0 Å². The minimum Gasteiger partial charge on any atom is -0.359 e. The van der Waals surface area contributed by atoms with Gasteiger partial charge in [0.2, 0.25) is 11.8 Å². The quantitative estimate of drug-likeness (QED) is 0.642. The van der Waals surface area contributed by atoms with Crippen molar-refractivity contribution < 1.29 is 9.59 Å². The Balaban J connectivity index is 1.57. The number of rotatable bonds is 9. The van der Waals surface area contributed by atoms with E-state index in [0.29, 0.717) is 13.0 Å². The number of hydrogen-bond donors (Lipinski definition) is 2. The maximum absolute atomic E-state index is 12.9. The number of nitrogens with zero attached hydrogens (tertiary/aromatic N) is 1. The van der Waals surface area contributed by atoms with E-state index < -0.39 is 0 Å². The number of carbonyl (C=O) groups is 2. The van der Waals surface area contributed by atoms with Crippen molar-refractivity contribution in [1.29, 1.82) is 0 Å². The highest BCUT2D eigenvalue weighted by Gasteiger charge is 2.33. The fourth-order valence-electron chi connectivity index (χ4n) is 3.81. The second-order valence-corrected chi connectivity index (χ2v) is 7.74. The second kappa shape index (κ2) is 10.1. The van der Waals surface area contributed by atoms with Crippen molar-refractivity contribution in [2.75, 3.05) is 18.5 Å². The van der Waals surface area contributed by atoms with Crippen molar-refractivity contribution in [2.45, 2.75) is 51.6 Å². The average Bonchev–Trinajstić information content (AvgIpc) is 3.10. The summed E-state index contributed by atoms with van der Waals surface area (Å²) in [6.07, 6.45) is 3.97. The number of unbranched alkanes of at least 4 members (excludes halogenated alkanes) is 2. The fraction of sp³-hybridized carbons (Fsp3) is 0.417. The Morgan fingerprint density at radius 2 is 1.79 bits per heavy atom. The molecule has 1 atom stereocenters. The smallest absolute Gasteiger partial charge is 0.243 e. The van der Waals surface area contributed by atoms with Gasteiger partial charge in [-0.3, -0.25) is 9.59 Å². The first-order chi connectivity index (χ1) is 14.1. The van der Waals surface area contributed by atoms with Crippen LogP contribution in [0.4, 0.5) is 5.69 Å². The molecular weight excluding hydrogens is 362 g/mol. The van der Waals surface area contributed by atoms with Crippen molar-refractivity contribution in [1.82, 2.24) is 10.6 Å². The standard InChI is InChI=1S/C24H31N3O2/c1-18-11-13-19(14-12-18)17-27-21-9-6-5-8-20(21)16-22(27)24(29)26-15-7-3-4-10-23(28)25-2/h5-6,8-9,11-14,22H,3-4,7,10,15-17H2,1-2H3,(H,25,28)(H,26,29). The lowest BCUT2D eigenvalue weighted by molar-refractivity contribution is -0.122. The fourth-order valence-corrected chi connectivity index (χ4v) is 3.81. The molecule has 1 unspecified atom stereocenters. The lowest BCUT2D eigenvalue weighted by atomic mass is 10.1. The Hall–Kier alpha value is -2.82. The molecule has 154 valence electrons. The number of carbonyl (C=O) groups excluding carboxylic acids is 2. The van der Waals surface area contributed by atoms with Gasteiger partial charge in [-0.15, -0.1) is 0 Å². The van der Waals surface area contributed by atoms with Crippen molar-refractivity contribution >= 4 is 17.5 Å². The van der Waals surface area contributed by atoms with Crippen LogP contribution >= 0.6 is 0 Å². The van der Waals surface area contributed by atoms with Crippen LogP contribution in [-0.4, -0.2) is 31.4 Å². The lowest BCUT2D eigenvalue weighted by Gasteiger charge is -2.27. The molecule has 2 aromatic carbocycles. The average molecular weight is 394 g/mol. The summed E-state index contributed by atoms with van der Waals surface area (Å²) in [4.78, 5) is 26.4. The topological polar surface area (TPSA) is 61.4 Å². The minimum atomic E-state index is -0.181. The number of nitrogens with one attached hydrogen (secondary N) is 2. The van der Waals surface area contributed by atoms with Crippen LogP contribution in [0.1, 0.15) is 42.4 Å². The molecule has 2 aromatic rings. The van der Waals surface area contributed by atoms with E-state index in [-0.39, 0.29) is 17.9 Å². The summed E-state index contributed by atoms with van der Waals surface area (Å²) in [5.41, 5.74) is 4.82. The van der Waals surface area contributed by atoms with E-state index in [9.17, 15) is 9.59 Å². The number of fused-ring (bicyclic) bond motifs is 1. The Morgan fingerprint density at radius 1 is 1.03 bits per heavy atom. The normalized spacial score (nSPS) is 15.1. The van der Waals surface area contributed by atoms with E-state index in [2.05, 4.69) is 58.9 Å². The van der Waals surface area contributed by atoms with Crippen molar-refractivity contribution in [3.63, 3.8) is 0 Å². The van der Waals surface area contributed by atoms with Crippen molar-refractivity contribution in [3.8, 4) is 0 Å². The predicted molar refractivity (Wildman–Crippen MR) is 117 cm³/mol. The first-order valence-electron chi connectivity index (χ1n) is 10.5. The minimum absolute atomic E-state index is 0.0736. The summed E-state index contributed by atoms with van der Waals surface area (Å²) in [5, 5.41) is 5.74. The number of anilines is 1. The highest BCUT2D eigenvalue weighted by molar-refractivity contribution is 5.88. The summed E-state index contributed by atoms with van der Waals surface area (Å²) in [6, 6.07) is 16.6. The molecule has 5 nitrogen and oxygen atoms in total. The van der Waals surface area contributed by atoms with Crippen LogP contribution in [0.25, 0.3) is 0 Å². The molecule has 0 radical (unpaired) electrons. The molecule has 1 aliphatic rings. The van der Waals surface area contributed by atoms with Crippen molar-refractivity contribution in [2.24, 2.45) is 0 Å². The number of hydrogen-bond acceptors (Lipinski definition) is 3. The van der Waals surface area contributed by atoms with E-state index in [0.717, 1.165) is 37.9 Å². The summed E-state index contributed by atoms with van der Waals surface area (Å²) in [7, 11) is 1.66. The van der Waals surface area contributed by atoms with E-state index in [4.69, 9.17) is 0 Å². The SMILES string of the molecule is CNC(=O)CCCCCNC(=O)C1Cc2ccccc2N1Cc1ccc(C)cc1. The third-order valence-electron chi connectivity index (χ3n) is 5.53. The van der Waals surface area contributed by atoms with Gasteiger partial charge in [0.05, 0.1) is 0 Å². The second-order valence-electron chi connectivity index (χ2n) is 7.74. The number of aryl methyl sites for hydroxylation is 1. The molecule has 0 saturated heterocycles. The number of amides is 2. The Bertz CT molecular complexity index is 832. The van der Waals surface area contributed by atoms with Crippen LogP contribution in [0.15, 0.2) is 48.5 Å². The van der Waals surface area contributed by atoms with E-state index in [1.807, 2.05) is 12.1 Å². The van der Waals surface area contributed by atoms with Gasteiger partial charge in [-0.05, 0) is 37.0 Å². The number of benzene rings is 2. The molecule has 0 bridgehead atoms. The molecule has 29 heavy (non-hydrogen) atoms. The zero-order valence-corrected chi connectivity index (χ0v) is 17.4. The zero-order valence-electron chi connectivity index (χ0n) is 17.4. The maximum atomic E-state index is 12.9. The van der Waals surface area contributed by atoms with Gasteiger partial charge >= 0.3 is 0 Å². The van der Waals surface area contributed by atoms with Gasteiger partial charge in [0.25, 0.3) is 0 Å². The van der Waals surface area contributed by atoms with E-state index in [1.54, 1.807) is 7.05 Å². The van der Waals surface area contributed by atoms with Gasteiger partial charge in [-0.1, -0.05) is 54.4 Å². The van der Waals surface area contributed by atoms with Gasteiger partial charge in [0.1, 0.15) is 6.04 Å². The molecule has 0 saturated carbocycles. The van der Waals surface area contributed by atoms with Crippen LogP contribution in [-0.2, 0) is 22.6 Å². The number of para-hydroxylation sites is 1. The molecule has 0 aliphatic carbocycles. The molecule has 2 N–H and O–H groups in total. The van der Waals surface area contributed by atoms with Gasteiger partial charge in [0.15, 0.2) is 0 Å². The third kappa shape index (κ3) is 5.59. The highest BCUT2D eigenvalue weighted by atomic mass is 16.2.